The number of hydrogen-bond acceptors (Lipinski definition) is 3. The topological polar surface area (TPSA) is 43.6 Å². The largest absolute Gasteiger partial charge is 0.309 e. The molecule has 0 saturated heterocycles. The van der Waals surface area contributed by atoms with E-state index in [1.54, 1.807) is 0 Å². The molecule has 0 spiro atoms. The van der Waals surface area contributed by atoms with Crippen molar-refractivity contribution in [3.05, 3.63) is 206 Å². The van der Waals surface area contributed by atoms with Gasteiger partial charge in [-0.15, -0.1) is 0 Å². The van der Waals surface area contributed by atoms with E-state index in [9.17, 15) is 9.60 Å². The van der Waals surface area contributed by atoms with E-state index in [1.165, 1.54) is 0 Å². The van der Waals surface area contributed by atoms with Gasteiger partial charge in [-0.05, 0) is 92.2 Å². The fraction of sp³-hybridized carbons (Fsp3) is 0. The number of aromatic nitrogens is 4. The van der Waals surface area contributed by atoms with Crippen molar-refractivity contribution in [3.63, 3.8) is 0 Å². The minimum atomic E-state index is -0.828. The van der Waals surface area contributed by atoms with Crippen LogP contribution in [0.3, 0.4) is 0 Å². The Morgan fingerprint density at radius 3 is 1.77 bits per heavy atom. The van der Waals surface area contributed by atoms with Crippen LogP contribution in [-0.4, -0.2) is 19.5 Å². The monoisotopic (exact) mass is 742 g/mol. The van der Waals surface area contributed by atoms with Crippen molar-refractivity contribution in [2.24, 2.45) is 0 Å². The molecule has 0 bridgehead atoms. The summed E-state index contributed by atoms with van der Waals surface area (Å²) in [4.78, 5) is 14.5. The van der Waals surface area contributed by atoms with E-state index in [-0.39, 0.29) is 23.0 Å². The highest BCUT2D eigenvalue weighted by atomic mass is 15.0. The summed E-state index contributed by atoms with van der Waals surface area (Å²) in [5, 5.41) is 3.13. The van der Waals surface area contributed by atoms with Crippen molar-refractivity contribution in [3.8, 4) is 62.1 Å². The Labute approximate surface area is 352 Å². The number of nitrogens with zero attached hydrogens (tertiary/aromatic N) is 4. The Bertz CT molecular complexity index is 4160. The van der Waals surface area contributed by atoms with Gasteiger partial charge in [0.05, 0.1) is 33.0 Å². The van der Waals surface area contributed by atoms with Crippen molar-refractivity contribution in [1.29, 1.82) is 0 Å². The van der Waals surface area contributed by atoms with E-state index in [0.29, 0.717) is 11.1 Å². The Balaban J connectivity index is 1.17. The first kappa shape index (κ1) is 20.3. The Morgan fingerprint density at radius 1 is 0.351 bits per heavy atom. The molecule has 0 unspecified atom stereocenters. The van der Waals surface area contributed by atoms with E-state index in [1.807, 2.05) is 109 Å². The minimum absolute atomic E-state index is 0.150. The summed E-state index contributed by atoms with van der Waals surface area (Å²) in [7, 11) is 0. The van der Waals surface area contributed by atoms with Crippen LogP contribution in [0.5, 0.6) is 0 Å². The SMILES string of the molecule is [2H]c1c([2H])c([2H])c(-c2c([2H])c([2H])c3c(c2[2H])c2c([2H])c([2H])c([2H])c([2H])c2n3-c2c([2H])c([2H])c(-c3nc(-c4ccc(-c5ccccc5)cc4)nc(-c4ccc5c(ccc6ccccc65)c4)n3)c([2H])c2[2H])c([2H])c1[2H]. The first-order valence-electron chi connectivity index (χ1n) is 26.0. The van der Waals surface area contributed by atoms with Crippen molar-refractivity contribution in [1.82, 2.24) is 19.5 Å². The van der Waals surface area contributed by atoms with Crippen LogP contribution in [0.1, 0.15) is 21.9 Å². The fourth-order valence-electron chi connectivity index (χ4n) is 7.11. The zero-order chi connectivity index (χ0) is 51.6. The van der Waals surface area contributed by atoms with E-state index in [2.05, 4.69) is 0 Å². The first-order chi connectivity index (χ1) is 34.9. The maximum Gasteiger partial charge on any atom is 0.164 e. The lowest BCUT2D eigenvalue weighted by Gasteiger charge is -2.12. The Kier molecular flexibility index (Phi) is 4.83. The van der Waals surface area contributed by atoms with Crippen LogP contribution in [0.4, 0.5) is 0 Å². The minimum Gasteiger partial charge on any atom is -0.309 e. The number of fused-ring (bicyclic) bond motifs is 6. The average molecular weight is 743 g/mol. The molecule has 4 heteroatoms. The molecule has 0 atom stereocenters. The summed E-state index contributed by atoms with van der Waals surface area (Å²) in [6.45, 7) is 0. The van der Waals surface area contributed by atoms with Gasteiger partial charge < -0.3 is 4.57 Å². The third kappa shape index (κ3) is 5.83. The second-order valence-electron chi connectivity index (χ2n) is 13.2. The van der Waals surface area contributed by atoms with Gasteiger partial charge in [-0.1, -0.05) is 158 Å². The molecular weight excluding hydrogens is 693 g/mol. The molecule has 11 rings (SSSR count). The van der Waals surface area contributed by atoms with Crippen LogP contribution >= 0.6 is 0 Å². The molecule has 266 valence electrons. The lowest BCUT2D eigenvalue weighted by Crippen LogP contribution is -2.01. The van der Waals surface area contributed by atoms with Crippen molar-refractivity contribution in [2.75, 3.05) is 0 Å². The van der Waals surface area contributed by atoms with Gasteiger partial charge >= 0.3 is 0 Å². The molecule has 2 heterocycles. The quantitative estimate of drug-likeness (QED) is 0.159. The summed E-state index contributed by atoms with van der Waals surface area (Å²) in [6.07, 6.45) is 0. The van der Waals surface area contributed by atoms with Crippen LogP contribution in [0, 0.1) is 0 Å². The molecule has 4 nitrogen and oxygen atoms in total. The second kappa shape index (κ2) is 13.6. The molecule has 0 aliphatic rings. The van der Waals surface area contributed by atoms with Gasteiger partial charge in [0, 0.05) is 33.2 Å². The fourth-order valence-corrected chi connectivity index (χ4v) is 7.11. The molecule has 0 aliphatic carbocycles. The van der Waals surface area contributed by atoms with E-state index >= 15 is 0 Å². The third-order valence-corrected chi connectivity index (χ3v) is 9.86. The van der Waals surface area contributed by atoms with E-state index < -0.39 is 135 Å². The molecule has 0 N–H and O–H groups in total. The summed E-state index contributed by atoms with van der Waals surface area (Å²) in [6, 6.07) is 22.8. The predicted octanol–water partition coefficient (Wildman–Crippen LogP) is 13.6. The molecule has 0 saturated carbocycles. The molecule has 9 aromatic carbocycles. The van der Waals surface area contributed by atoms with Gasteiger partial charge in [0.1, 0.15) is 0 Å². The smallest absolute Gasteiger partial charge is 0.164 e. The van der Waals surface area contributed by atoms with Gasteiger partial charge in [-0.3, -0.25) is 0 Å². The number of para-hydroxylation sites is 1. The maximum absolute atomic E-state index is 9.61. The number of benzene rings is 9. The van der Waals surface area contributed by atoms with E-state index in [0.717, 1.165) is 37.2 Å². The van der Waals surface area contributed by atoms with Crippen LogP contribution in [0.25, 0.3) is 105 Å². The van der Waals surface area contributed by atoms with Gasteiger partial charge in [-0.25, -0.2) is 15.0 Å². The lowest BCUT2D eigenvalue weighted by atomic mass is 10.00. The average Bonchev–Trinajstić information content (AvgIpc) is 3.77. The van der Waals surface area contributed by atoms with Crippen molar-refractivity contribution >= 4 is 43.4 Å². The Morgan fingerprint density at radius 2 is 0.947 bits per heavy atom. The van der Waals surface area contributed by atoms with Crippen molar-refractivity contribution < 1.29 is 21.9 Å². The molecule has 11 aromatic rings. The summed E-state index contributed by atoms with van der Waals surface area (Å²) in [5.74, 6) is 0.0725. The second-order valence-corrected chi connectivity index (χ2v) is 13.2. The zero-order valence-corrected chi connectivity index (χ0v) is 29.7. The first-order valence-corrected chi connectivity index (χ1v) is 18.0. The van der Waals surface area contributed by atoms with Gasteiger partial charge in [-0.2, -0.15) is 0 Å². The van der Waals surface area contributed by atoms with Crippen LogP contribution in [0.2, 0.25) is 0 Å². The maximum atomic E-state index is 9.61. The van der Waals surface area contributed by atoms with Gasteiger partial charge in [0.15, 0.2) is 17.5 Å². The predicted molar refractivity (Wildman–Crippen MR) is 236 cm³/mol. The Hall–Kier alpha value is -7.69. The third-order valence-electron chi connectivity index (χ3n) is 9.86. The molecule has 57 heavy (non-hydrogen) atoms. The summed E-state index contributed by atoms with van der Waals surface area (Å²) >= 11 is 0. The van der Waals surface area contributed by atoms with Crippen molar-refractivity contribution in [2.45, 2.75) is 0 Å². The zero-order valence-electron chi connectivity index (χ0n) is 45.7. The molecule has 0 radical (unpaired) electrons. The molecule has 0 amide bonds. The number of hydrogen-bond donors (Lipinski definition) is 0. The van der Waals surface area contributed by atoms with Gasteiger partial charge in [0.25, 0.3) is 0 Å². The standard InChI is InChI=1S/C53H34N4/c1-3-11-35(12-4-1)37-19-22-39(23-20-37)51-54-52(56-53(55-51)43-27-31-46-42(33-43)24-21-38-15-7-8-16-45(38)46)40-25-29-44(30-26-40)57-49-18-10-9-17-47(49)48-34-41(28-32-50(48)57)36-13-5-2-6-14-36/h1-34H/i2D,5D,6D,9D,10D,13D,14D,17D,18D,25D,26D,28D,29D,30D,32D,34D. The molecule has 0 fully saturated rings. The van der Waals surface area contributed by atoms with E-state index in [4.69, 9.17) is 27.3 Å². The number of rotatable bonds is 6. The van der Waals surface area contributed by atoms with Crippen LogP contribution in [-0.2, 0) is 0 Å². The molecular formula is C53H34N4. The molecule has 0 aliphatic heterocycles. The highest BCUT2D eigenvalue weighted by molar-refractivity contribution is 6.11. The van der Waals surface area contributed by atoms with Crippen LogP contribution in [0.15, 0.2) is 206 Å². The summed E-state index contributed by atoms with van der Waals surface area (Å²) in [5.41, 5.74) is -0.0657. The normalized spacial score (nSPS) is 15.4. The molecule has 2 aromatic heterocycles. The van der Waals surface area contributed by atoms with Crippen LogP contribution < -0.4 is 0 Å². The highest BCUT2D eigenvalue weighted by Crippen LogP contribution is 2.36. The summed E-state index contributed by atoms with van der Waals surface area (Å²) < 4.78 is 145. The highest BCUT2D eigenvalue weighted by Gasteiger charge is 2.16. The lowest BCUT2D eigenvalue weighted by molar-refractivity contribution is 1.07. The van der Waals surface area contributed by atoms with Gasteiger partial charge in [0.2, 0.25) is 0 Å².